The summed E-state index contributed by atoms with van der Waals surface area (Å²) in [5, 5.41) is 2.83. The summed E-state index contributed by atoms with van der Waals surface area (Å²) in [6.07, 6.45) is 0. The molecule has 3 aromatic carbocycles. The first-order chi connectivity index (χ1) is 14.1. The zero-order valence-corrected chi connectivity index (χ0v) is 16.0. The molecule has 0 spiro atoms. The molecule has 2 amide bonds. The van der Waals surface area contributed by atoms with E-state index in [9.17, 15) is 9.59 Å². The van der Waals surface area contributed by atoms with E-state index in [0.717, 1.165) is 5.56 Å². The summed E-state index contributed by atoms with van der Waals surface area (Å²) in [7, 11) is 0. The first-order valence-corrected chi connectivity index (χ1v) is 9.42. The number of carbonyl (C=O) groups excluding carboxylic acids is 2. The molecule has 0 aliphatic carbocycles. The minimum atomic E-state index is -0.787. The molecule has 0 bridgehead atoms. The van der Waals surface area contributed by atoms with Gasteiger partial charge in [-0.3, -0.25) is 9.59 Å². The Bertz CT molecular complexity index is 1070. The van der Waals surface area contributed by atoms with Crippen LogP contribution in [0.25, 0.3) is 0 Å². The third-order valence-corrected chi connectivity index (χ3v) is 4.86. The average Bonchev–Trinajstić information content (AvgIpc) is 2.87. The molecule has 0 saturated heterocycles. The molecular weight excluding hydrogens is 366 g/mol. The molecule has 0 radical (unpaired) electrons. The third kappa shape index (κ3) is 3.58. The zero-order chi connectivity index (χ0) is 20.4. The fourth-order valence-corrected chi connectivity index (χ4v) is 3.35. The van der Waals surface area contributed by atoms with Gasteiger partial charge in [-0.1, -0.05) is 42.5 Å². The SMILES string of the molecule is CCN1C(=O)c2ccccc2Oc2cc(NC(=O)[C@@H](N)c3ccccc3)ccc21. The van der Waals surface area contributed by atoms with Gasteiger partial charge in [0, 0.05) is 18.3 Å². The number of hydrogen-bond acceptors (Lipinski definition) is 4. The van der Waals surface area contributed by atoms with Gasteiger partial charge in [-0.2, -0.15) is 0 Å². The van der Waals surface area contributed by atoms with Crippen LogP contribution in [-0.2, 0) is 4.79 Å². The number of carbonyl (C=O) groups is 2. The fraction of sp³-hybridized carbons (Fsp3) is 0.130. The maximum absolute atomic E-state index is 12.9. The molecule has 6 nitrogen and oxygen atoms in total. The Hall–Kier alpha value is -3.64. The van der Waals surface area contributed by atoms with Crippen LogP contribution < -0.4 is 20.7 Å². The third-order valence-electron chi connectivity index (χ3n) is 4.86. The molecule has 0 fully saturated rings. The highest BCUT2D eigenvalue weighted by atomic mass is 16.5. The van der Waals surface area contributed by atoms with Crippen LogP contribution in [0.4, 0.5) is 11.4 Å². The lowest BCUT2D eigenvalue weighted by Gasteiger charge is -2.21. The van der Waals surface area contributed by atoms with Gasteiger partial charge in [-0.15, -0.1) is 0 Å². The standard InChI is InChI=1S/C23H21N3O3/c1-2-26-18-13-12-16(25-22(27)21(24)15-8-4-3-5-9-15)14-20(18)29-19-11-7-6-10-17(19)23(26)28/h3-14,21H,2,24H2,1H3,(H,25,27)/t21-/m0/s1. The molecule has 1 atom stereocenters. The lowest BCUT2D eigenvalue weighted by atomic mass is 10.1. The van der Waals surface area contributed by atoms with Gasteiger partial charge in [-0.25, -0.2) is 0 Å². The van der Waals surface area contributed by atoms with Crippen molar-refractivity contribution in [2.24, 2.45) is 5.73 Å². The summed E-state index contributed by atoms with van der Waals surface area (Å²) >= 11 is 0. The van der Waals surface area contributed by atoms with E-state index in [1.165, 1.54) is 0 Å². The van der Waals surface area contributed by atoms with Crippen LogP contribution in [0, 0.1) is 0 Å². The number of para-hydroxylation sites is 1. The van der Waals surface area contributed by atoms with Crippen molar-refractivity contribution in [1.29, 1.82) is 0 Å². The lowest BCUT2D eigenvalue weighted by molar-refractivity contribution is -0.117. The highest BCUT2D eigenvalue weighted by Crippen LogP contribution is 2.40. The molecule has 1 heterocycles. The minimum Gasteiger partial charge on any atom is -0.454 e. The second-order valence-corrected chi connectivity index (χ2v) is 6.71. The van der Waals surface area contributed by atoms with Crippen LogP contribution in [-0.4, -0.2) is 18.4 Å². The van der Waals surface area contributed by atoms with E-state index in [2.05, 4.69) is 5.32 Å². The number of ether oxygens (including phenoxy) is 1. The van der Waals surface area contributed by atoms with Crippen molar-refractivity contribution in [1.82, 2.24) is 0 Å². The second kappa shape index (κ2) is 7.77. The molecule has 0 aromatic heterocycles. The van der Waals surface area contributed by atoms with Crippen molar-refractivity contribution < 1.29 is 14.3 Å². The smallest absolute Gasteiger partial charge is 0.262 e. The van der Waals surface area contributed by atoms with E-state index in [1.54, 1.807) is 41.3 Å². The average molecular weight is 387 g/mol. The summed E-state index contributed by atoms with van der Waals surface area (Å²) in [4.78, 5) is 27.1. The van der Waals surface area contributed by atoms with Gasteiger partial charge >= 0.3 is 0 Å². The Morgan fingerprint density at radius 3 is 2.52 bits per heavy atom. The van der Waals surface area contributed by atoms with Gasteiger partial charge in [0.25, 0.3) is 5.91 Å². The van der Waals surface area contributed by atoms with Gasteiger partial charge in [0.05, 0.1) is 11.3 Å². The summed E-state index contributed by atoms with van der Waals surface area (Å²) in [6.45, 7) is 2.40. The van der Waals surface area contributed by atoms with Crippen LogP contribution in [0.1, 0.15) is 28.9 Å². The van der Waals surface area contributed by atoms with Crippen LogP contribution >= 0.6 is 0 Å². The molecule has 4 rings (SSSR count). The number of amides is 2. The number of nitrogens with two attached hydrogens (primary N) is 1. The molecule has 0 unspecified atom stereocenters. The normalized spacial score (nSPS) is 13.6. The predicted octanol–water partition coefficient (Wildman–Crippen LogP) is 4.10. The van der Waals surface area contributed by atoms with Crippen molar-refractivity contribution in [2.75, 3.05) is 16.8 Å². The molecule has 29 heavy (non-hydrogen) atoms. The maximum Gasteiger partial charge on any atom is 0.262 e. The quantitative estimate of drug-likeness (QED) is 0.706. The van der Waals surface area contributed by atoms with Gasteiger partial charge in [0.2, 0.25) is 5.91 Å². The largest absolute Gasteiger partial charge is 0.454 e. The molecule has 146 valence electrons. The first kappa shape index (κ1) is 18.7. The molecule has 6 heteroatoms. The van der Waals surface area contributed by atoms with Crippen LogP contribution in [0.2, 0.25) is 0 Å². The van der Waals surface area contributed by atoms with E-state index >= 15 is 0 Å². The number of nitrogens with zero attached hydrogens (tertiary/aromatic N) is 1. The molecule has 0 saturated carbocycles. The predicted molar refractivity (Wildman–Crippen MR) is 112 cm³/mol. The highest BCUT2D eigenvalue weighted by Gasteiger charge is 2.27. The van der Waals surface area contributed by atoms with Gasteiger partial charge < -0.3 is 20.7 Å². The lowest BCUT2D eigenvalue weighted by Crippen LogP contribution is -2.30. The van der Waals surface area contributed by atoms with Crippen LogP contribution in [0.15, 0.2) is 72.8 Å². The van der Waals surface area contributed by atoms with E-state index in [4.69, 9.17) is 10.5 Å². The Morgan fingerprint density at radius 1 is 1.03 bits per heavy atom. The number of benzene rings is 3. The second-order valence-electron chi connectivity index (χ2n) is 6.71. The number of nitrogens with one attached hydrogen (secondary N) is 1. The Balaban J connectivity index is 1.64. The fourth-order valence-electron chi connectivity index (χ4n) is 3.35. The van der Waals surface area contributed by atoms with E-state index < -0.39 is 6.04 Å². The van der Waals surface area contributed by atoms with Crippen molar-refractivity contribution in [2.45, 2.75) is 13.0 Å². The van der Waals surface area contributed by atoms with E-state index in [-0.39, 0.29) is 11.8 Å². The molecule has 3 aromatic rings. The molecular formula is C23H21N3O3. The molecule has 1 aliphatic heterocycles. The van der Waals surface area contributed by atoms with Crippen LogP contribution in [0.5, 0.6) is 11.5 Å². The summed E-state index contributed by atoms with van der Waals surface area (Å²) < 4.78 is 6.03. The van der Waals surface area contributed by atoms with Crippen LogP contribution in [0.3, 0.4) is 0 Å². The summed E-state index contributed by atoms with van der Waals surface area (Å²) in [5.74, 6) is 0.536. The van der Waals surface area contributed by atoms with Gasteiger partial charge in [-0.05, 0) is 36.8 Å². The minimum absolute atomic E-state index is 0.121. The first-order valence-electron chi connectivity index (χ1n) is 9.42. The van der Waals surface area contributed by atoms with Crippen molar-refractivity contribution in [3.63, 3.8) is 0 Å². The Kier molecular flexibility index (Phi) is 5.01. The number of rotatable bonds is 4. The van der Waals surface area contributed by atoms with E-state index in [1.807, 2.05) is 43.3 Å². The van der Waals surface area contributed by atoms with Crippen molar-refractivity contribution in [3.05, 3.63) is 83.9 Å². The number of anilines is 2. The van der Waals surface area contributed by atoms with Crippen molar-refractivity contribution in [3.8, 4) is 11.5 Å². The maximum atomic E-state index is 12.9. The molecule has 3 N–H and O–H groups in total. The Morgan fingerprint density at radius 2 is 1.76 bits per heavy atom. The molecule has 1 aliphatic rings. The summed E-state index contributed by atoms with van der Waals surface area (Å²) in [5.41, 5.74) is 8.51. The zero-order valence-electron chi connectivity index (χ0n) is 16.0. The topological polar surface area (TPSA) is 84.7 Å². The van der Waals surface area contributed by atoms with E-state index in [0.29, 0.717) is 35.0 Å². The summed E-state index contributed by atoms with van der Waals surface area (Å²) in [6, 6.07) is 20.7. The van der Waals surface area contributed by atoms with Crippen molar-refractivity contribution >= 4 is 23.2 Å². The number of fused-ring (bicyclic) bond motifs is 2. The highest BCUT2D eigenvalue weighted by molar-refractivity contribution is 6.10. The van der Waals surface area contributed by atoms with Gasteiger partial charge in [0.15, 0.2) is 5.75 Å². The monoisotopic (exact) mass is 387 g/mol. The number of hydrogen-bond donors (Lipinski definition) is 2. The Labute approximate surface area is 168 Å². The van der Waals surface area contributed by atoms with Gasteiger partial charge in [0.1, 0.15) is 11.8 Å².